The van der Waals surface area contributed by atoms with Crippen molar-refractivity contribution in [2.75, 3.05) is 24.5 Å². The van der Waals surface area contributed by atoms with Crippen molar-refractivity contribution in [2.45, 2.75) is 19.4 Å². The molecule has 1 N–H and O–H groups in total. The standard InChI is InChI=1S/C18H22N2O/c1-15-10-12-20(13-11-19-15)16-6-5-9-18(14-16)21-17-7-3-2-4-8-17/h2-9,14-15,19H,10-13H2,1H3. The summed E-state index contributed by atoms with van der Waals surface area (Å²) in [5.41, 5.74) is 1.24. The van der Waals surface area contributed by atoms with E-state index in [0.717, 1.165) is 31.1 Å². The summed E-state index contributed by atoms with van der Waals surface area (Å²) in [5, 5.41) is 3.53. The molecule has 0 aliphatic carbocycles. The molecular formula is C18H22N2O. The van der Waals surface area contributed by atoms with E-state index in [1.807, 2.05) is 36.4 Å². The molecule has 0 spiro atoms. The molecule has 0 amide bonds. The minimum atomic E-state index is 0.596. The van der Waals surface area contributed by atoms with Crippen molar-refractivity contribution in [2.24, 2.45) is 0 Å². The zero-order valence-corrected chi connectivity index (χ0v) is 12.5. The van der Waals surface area contributed by atoms with Gasteiger partial charge in [0.25, 0.3) is 0 Å². The molecule has 0 saturated carbocycles. The average molecular weight is 282 g/mol. The van der Waals surface area contributed by atoms with Crippen molar-refractivity contribution >= 4 is 5.69 Å². The molecule has 1 aliphatic rings. The van der Waals surface area contributed by atoms with Crippen LogP contribution in [-0.4, -0.2) is 25.7 Å². The summed E-state index contributed by atoms with van der Waals surface area (Å²) in [6, 6.07) is 18.9. The van der Waals surface area contributed by atoms with E-state index in [2.05, 4.69) is 35.3 Å². The Balaban J connectivity index is 1.73. The van der Waals surface area contributed by atoms with Gasteiger partial charge >= 0.3 is 0 Å². The van der Waals surface area contributed by atoms with E-state index in [1.165, 1.54) is 12.1 Å². The maximum absolute atomic E-state index is 5.92. The molecule has 2 aromatic rings. The van der Waals surface area contributed by atoms with E-state index >= 15 is 0 Å². The number of benzene rings is 2. The highest BCUT2D eigenvalue weighted by Gasteiger charge is 2.13. The van der Waals surface area contributed by atoms with Crippen LogP contribution in [0, 0.1) is 0 Å². The molecule has 0 radical (unpaired) electrons. The maximum atomic E-state index is 5.92. The number of nitrogens with zero attached hydrogens (tertiary/aromatic N) is 1. The lowest BCUT2D eigenvalue weighted by atomic mass is 10.2. The van der Waals surface area contributed by atoms with Crippen LogP contribution in [0.2, 0.25) is 0 Å². The third-order valence-electron chi connectivity index (χ3n) is 3.87. The molecule has 2 aromatic carbocycles. The topological polar surface area (TPSA) is 24.5 Å². The van der Waals surface area contributed by atoms with Gasteiger partial charge < -0.3 is 15.0 Å². The van der Waals surface area contributed by atoms with Gasteiger partial charge in [0, 0.05) is 37.4 Å². The summed E-state index contributed by atoms with van der Waals surface area (Å²) < 4.78 is 5.92. The lowest BCUT2D eigenvalue weighted by Crippen LogP contribution is -2.28. The molecular weight excluding hydrogens is 260 g/mol. The Hall–Kier alpha value is -2.00. The third-order valence-corrected chi connectivity index (χ3v) is 3.87. The van der Waals surface area contributed by atoms with Crippen molar-refractivity contribution in [1.82, 2.24) is 5.32 Å². The monoisotopic (exact) mass is 282 g/mol. The maximum Gasteiger partial charge on any atom is 0.129 e. The lowest BCUT2D eigenvalue weighted by Gasteiger charge is -2.23. The predicted molar refractivity (Wildman–Crippen MR) is 87.3 cm³/mol. The fraction of sp³-hybridized carbons (Fsp3) is 0.333. The van der Waals surface area contributed by atoms with Crippen molar-refractivity contribution in [3.05, 3.63) is 54.6 Å². The molecule has 1 aliphatic heterocycles. The molecule has 3 rings (SSSR count). The molecule has 1 saturated heterocycles. The van der Waals surface area contributed by atoms with E-state index in [0.29, 0.717) is 6.04 Å². The van der Waals surface area contributed by atoms with Crippen LogP contribution in [0.3, 0.4) is 0 Å². The second-order valence-electron chi connectivity index (χ2n) is 5.54. The number of hydrogen-bond acceptors (Lipinski definition) is 3. The number of nitrogens with one attached hydrogen (secondary N) is 1. The Morgan fingerprint density at radius 3 is 2.67 bits per heavy atom. The van der Waals surface area contributed by atoms with E-state index in [-0.39, 0.29) is 0 Å². The Labute approximate surface area is 126 Å². The van der Waals surface area contributed by atoms with Crippen molar-refractivity contribution in [3.8, 4) is 11.5 Å². The molecule has 0 aromatic heterocycles. The van der Waals surface area contributed by atoms with Gasteiger partial charge in [0.2, 0.25) is 0 Å². The number of rotatable bonds is 3. The first-order valence-electron chi connectivity index (χ1n) is 7.62. The van der Waals surface area contributed by atoms with Gasteiger partial charge in [-0.05, 0) is 37.6 Å². The van der Waals surface area contributed by atoms with Crippen LogP contribution in [0.4, 0.5) is 5.69 Å². The molecule has 3 heteroatoms. The Morgan fingerprint density at radius 2 is 1.81 bits per heavy atom. The molecule has 3 nitrogen and oxygen atoms in total. The van der Waals surface area contributed by atoms with Gasteiger partial charge in [-0.2, -0.15) is 0 Å². The molecule has 21 heavy (non-hydrogen) atoms. The highest BCUT2D eigenvalue weighted by Crippen LogP contribution is 2.26. The smallest absolute Gasteiger partial charge is 0.129 e. The summed E-state index contributed by atoms with van der Waals surface area (Å²) in [6.45, 7) is 5.41. The van der Waals surface area contributed by atoms with Crippen LogP contribution in [-0.2, 0) is 0 Å². The second kappa shape index (κ2) is 6.64. The first kappa shape index (κ1) is 14.0. The van der Waals surface area contributed by atoms with Crippen molar-refractivity contribution in [3.63, 3.8) is 0 Å². The van der Waals surface area contributed by atoms with Crippen molar-refractivity contribution < 1.29 is 4.74 Å². The van der Waals surface area contributed by atoms with Gasteiger partial charge in [-0.25, -0.2) is 0 Å². The Bertz CT molecular complexity index is 570. The summed E-state index contributed by atoms with van der Waals surface area (Å²) in [4.78, 5) is 2.42. The Kier molecular flexibility index (Phi) is 4.41. The first-order chi connectivity index (χ1) is 10.3. The highest BCUT2D eigenvalue weighted by molar-refractivity contribution is 5.51. The average Bonchev–Trinajstić information content (AvgIpc) is 2.73. The quantitative estimate of drug-likeness (QED) is 0.929. The number of ether oxygens (including phenoxy) is 1. The number of anilines is 1. The van der Waals surface area contributed by atoms with Gasteiger partial charge in [0.15, 0.2) is 0 Å². The third kappa shape index (κ3) is 3.76. The van der Waals surface area contributed by atoms with Crippen LogP contribution >= 0.6 is 0 Å². The molecule has 0 bridgehead atoms. The predicted octanol–water partition coefficient (Wildman–Crippen LogP) is 3.67. The lowest BCUT2D eigenvalue weighted by molar-refractivity contribution is 0.482. The molecule has 110 valence electrons. The van der Waals surface area contributed by atoms with E-state index in [1.54, 1.807) is 0 Å². The normalized spacial score (nSPS) is 19.1. The van der Waals surface area contributed by atoms with Gasteiger partial charge in [-0.3, -0.25) is 0 Å². The SMILES string of the molecule is CC1CCN(c2cccc(Oc3ccccc3)c2)CCN1. The Morgan fingerprint density at radius 1 is 1.00 bits per heavy atom. The number of hydrogen-bond donors (Lipinski definition) is 1. The summed E-state index contributed by atoms with van der Waals surface area (Å²) >= 11 is 0. The molecule has 1 atom stereocenters. The fourth-order valence-corrected chi connectivity index (χ4v) is 2.64. The minimum absolute atomic E-state index is 0.596. The van der Waals surface area contributed by atoms with Gasteiger partial charge in [0.05, 0.1) is 0 Å². The van der Waals surface area contributed by atoms with Crippen LogP contribution in [0.1, 0.15) is 13.3 Å². The minimum Gasteiger partial charge on any atom is -0.457 e. The van der Waals surface area contributed by atoms with E-state index in [9.17, 15) is 0 Å². The first-order valence-corrected chi connectivity index (χ1v) is 7.62. The van der Waals surface area contributed by atoms with E-state index in [4.69, 9.17) is 4.74 Å². The second-order valence-corrected chi connectivity index (χ2v) is 5.54. The van der Waals surface area contributed by atoms with Crippen LogP contribution in [0.15, 0.2) is 54.6 Å². The van der Waals surface area contributed by atoms with Crippen LogP contribution in [0.5, 0.6) is 11.5 Å². The number of para-hydroxylation sites is 1. The highest BCUT2D eigenvalue weighted by atomic mass is 16.5. The molecule has 1 fully saturated rings. The van der Waals surface area contributed by atoms with Gasteiger partial charge in [0.1, 0.15) is 11.5 Å². The van der Waals surface area contributed by atoms with Crippen LogP contribution < -0.4 is 15.0 Å². The van der Waals surface area contributed by atoms with Crippen molar-refractivity contribution in [1.29, 1.82) is 0 Å². The fourth-order valence-electron chi connectivity index (χ4n) is 2.64. The molecule has 1 unspecified atom stereocenters. The van der Waals surface area contributed by atoms with Crippen LogP contribution in [0.25, 0.3) is 0 Å². The summed E-state index contributed by atoms with van der Waals surface area (Å²) in [5.74, 6) is 1.77. The van der Waals surface area contributed by atoms with Gasteiger partial charge in [-0.15, -0.1) is 0 Å². The molecule has 1 heterocycles. The summed E-state index contributed by atoms with van der Waals surface area (Å²) in [7, 11) is 0. The zero-order chi connectivity index (χ0) is 14.5. The van der Waals surface area contributed by atoms with E-state index < -0.39 is 0 Å². The summed E-state index contributed by atoms with van der Waals surface area (Å²) in [6.07, 6.45) is 1.17. The zero-order valence-electron chi connectivity index (χ0n) is 12.5. The largest absolute Gasteiger partial charge is 0.457 e. The van der Waals surface area contributed by atoms with Gasteiger partial charge in [-0.1, -0.05) is 24.3 Å².